The maximum atomic E-state index is 13.4. The van der Waals surface area contributed by atoms with Crippen LogP contribution in [0.2, 0.25) is 0 Å². The number of ketones is 1. The summed E-state index contributed by atoms with van der Waals surface area (Å²) in [6, 6.07) is 8.39. The Morgan fingerprint density at radius 2 is 1.77 bits per heavy atom. The van der Waals surface area contributed by atoms with Crippen LogP contribution in [0.4, 0.5) is 13.6 Å². The Morgan fingerprint density at radius 3 is 2.40 bits per heavy atom. The molecule has 30 heavy (non-hydrogen) atoms. The zero-order chi connectivity index (χ0) is 21.5. The molecule has 0 unspecified atom stereocenters. The van der Waals surface area contributed by atoms with Crippen molar-refractivity contribution in [3.8, 4) is 11.3 Å². The Morgan fingerprint density at radius 1 is 1.10 bits per heavy atom. The highest BCUT2D eigenvalue weighted by atomic mass is 19.3. The predicted molar refractivity (Wildman–Crippen MR) is 101 cm³/mol. The second-order valence-corrected chi connectivity index (χ2v) is 7.67. The molecule has 2 aliphatic rings. The van der Waals surface area contributed by atoms with E-state index in [-0.39, 0.29) is 12.8 Å². The average molecular weight is 415 g/mol. The van der Waals surface area contributed by atoms with Gasteiger partial charge in [-0.1, -0.05) is 24.3 Å². The lowest BCUT2D eigenvalue weighted by molar-refractivity contribution is -0.146. The highest BCUT2D eigenvalue weighted by molar-refractivity contribution is 6.08. The maximum Gasteiger partial charge on any atom is 0.418 e. The number of ether oxygens (including phenoxy) is 1. The van der Waals surface area contributed by atoms with Gasteiger partial charge in [-0.15, -0.1) is 0 Å². The molecule has 2 amide bonds. The fourth-order valence-electron chi connectivity index (χ4n) is 3.79. The van der Waals surface area contributed by atoms with E-state index in [1.165, 1.54) is 0 Å². The number of alkyl halides is 2. The molecule has 1 saturated heterocycles. The average Bonchev–Trinajstić information content (AvgIpc) is 2.95. The molecule has 156 valence electrons. The van der Waals surface area contributed by atoms with E-state index in [0.717, 1.165) is 11.1 Å². The van der Waals surface area contributed by atoms with E-state index >= 15 is 0 Å². The first-order valence-corrected chi connectivity index (χ1v) is 9.55. The number of aromatic nitrogens is 2. The molecule has 1 aromatic carbocycles. The summed E-state index contributed by atoms with van der Waals surface area (Å²) < 4.78 is 32.1. The standard InChI is InChI=1S/C21H19F2N3O4/c1-13-6-11-24-25-17(13)15-4-2-14(3-5-15)16(27)12-26-18(28)20(30-19(26)29)7-9-21(22,23)10-8-20/h2-6,11H,7-10,12H2,1H3. The zero-order valence-electron chi connectivity index (χ0n) is 16.2. The number of imide groups is 1. The van der Waals surface area contributed by atoms with Crippen molar-refractivity contribution in [3.05, 3.63) is 47.7 Å². The summed E-state index contributed by atoms with van der Waals surface area (Å²) in [6.45, 7) is 1.39. The molecule has 0 atom stereocenters. The van der Waals surface area contributed by atoms with E-state index in [9.17, 15) is 23.2 Å². The molecule has 4 rings (SSSR count). The van der Waals surface area contributed by atoms with Crippen molar-refractivity contribution in [2.45, 2.75) is 44.1 Å². The largest absolute Gasteiger partial charge is 0.432 e. The lowest BCUT2D eigenvalue weighted by Crippen LogP contribution is -2.47. The highest BCUT2D eigenvalue weighted by Crippen LogP contribution is 2.44. The van der Waals surface area contributed by atoms with Gasteiger partial charge in [0.2, 0.25) is 5.92 Å². The highest BCUT2D eigenvalue weighted by Gasteiger charge is 2.58. The van der Waals surface area contributed by atoms with Gasteiger partial charge in [-0.2, -0.15) is 10.2 Å². The van der Waals surface area contributed by atoms with Crippen LogP contribution < -0.4 is 0 Å². The molecule has 2 heterocycles. The van der Waals surface area contributed by atoms with Crippen molar-refractivity contribution in [2.24, 2.45) is 0 Å². The number of rotatable bonds is 4. The van der Waals surface area contributed by atoms with E-state index < -0.39 is 48.7 Å². The van der Waals surface area contributed by atoms with Crippen LogP contribution in [0.3, 0.4) is 0 Å². The van der Waals surface area contributed by atoms with Gasteiger partial charge in [0, 0.05) is 43.0 Å². The number of aryl methyl sites for hydroxylation is 1. The Bertz CT molecular complexity index is 1010. The summed E-state index contributed by atoms with van der Waals surface area (Å²) in [5, 5.41) is 7.94. The van der Waals surface area contributed by atoms with Gasteiger partial charge >= 0.3 is 6.09 Å². The van der Waals surface area contributed by atoms with Crippen molar-refractivity contribution < 1.29 is 27.9 Å². The van der Waals surface area contributed by atoms with E-state index in [1.807, 2.05) is 13.0 Å². The van der Waals surface area contributed by atoms with Crippen molar-refractivity contribution in [3.63, 3.8) is 0 Å². The van der Waals surface area contributed by atoms with Crippen LogP contribution in [0.25, 0.3) is 11.3 Å². The minimum atomic E-state index is -2.87. The zero-order valence-corrected chi connectivity index (χ0v) is 16.2. The van der Waals surface area contributed by atoms with Crippen LogP contribution in [0, 0.1) is 6.92 Å². The molecular weight excluding hydrogens is 396 g/mol. The van der Waals surface area contributed by atoms with Gasteiger partial charge in [0.15, 0.2) is 11.4 Å². The molecule has 7 nitrogen and oxygen atoms in total. The van der Waals surface area contributed by atoms with Crippen LogP contribution in [0.5, 0.6) is 0 Å². The van der Waals surface area contributed by atoms with Crippen molar-refractivity contribution in [2.75, 3.05) is 6.54 Å². The maximum absolute atomic E-state index is 13.4. The Labute approximate surface area is 171 Å². The number of Topliss-reactive ketones (excluding diaryl/α,β-unsaturated/α-hetero) is 1. The van der Waals surface area contributed by atoms with Crippen LogP contribution in [-0.2, 0) is 9.53 Å². The normalized spacial score (nSPS) is 19.8. The quantitative estimate of drug-likeness (QED) is 0.710. The SMILES string of the molecule is Cc1ccnnc1-c1ccc(C(=O)CN2C(=O)OC3(CCC(F)(F)CC3)C2=O)cc1. The van der Waals surface area contributed by atoms with E-state index in [2.05, 4.69) is 10.2 Å². The first-order valence-electron chi connectivity index (χ1n) is 9.55. The van der Waals surface area contributed by atoms with Gasteiger partial charge < -0.3 is 4.74 Å². The topological polar surface area (TPSA) is 89.5 Å². The van der Waals surface area contributed by atoms with Gasteiger partial charge in [-0.25, -0.2) is 18.5 Å². The Hall–Kier alpha value is -3.23. The second kappa shape index (κ2) is 7.23. The molecule has 1 aliphatic heterocycles. The van der Waals surface area contributed by atoms with Gasteiger partial charge in [-0.05, 0) is 18.6 Å². The number of benzene rings is 1. The number of carbonyl (C=O) groups excluding carboxylic acids is 3. The molecule has 0 radical (unpaired) electrons. The van der Waals surface area contributed by atoms with Gasteiger partial charge in [0.1, 0.15) is 0 Å². The van der Waals surface area contributed by atoms with Crippen LogP contribution >= 0.6 is 0 Å². The summed E-state index contributed by atoms with van der Waals surface area (Å²) in [5.41, 5.74) is 1.11. The fraction of sp³-hybridized carbons (Fsp3) is 0.381. The van der Waals surface area contributed by atoms with Crippen LogP contribution in [-0.4, -0.2) is 50.9 Å². The third-order valence-electron chi connectivity index (χ3n) is 5.63. The first kappa shape index (κ1) is 20.1. The summed E-state index contributed by atoms with van der Waals surface area (Å²) in [5.74, 6) is -4.05. The molecule has 1 aromatic heterocycles. The van der Waals surface area contributed by atoms with Gasteiger partial charge in [0.05, 0.1) is 12.2 Å². The van der Waals surface area contributed by atoms with Crippen LogP contribution in [0.15, 0.2) is 36.5 Å². The van der Waals surface area contributed by atoms with E-state index in [0.29, 0.717) is 16.2 Å². The van der Waals surface area contributed by atoms with Gasteiger partial charge in [0.25, 0.3) is 5.91 Å². The third-order valence-corrected chi connectivity index (χ3v) is 5.63. The van der Waals surface area contributed by atoms with Crippen LogP contribution in [0.1, 0.15) is 41.6 Å². The minimum Gasteiger partial charge on any atom is -0.432 e. The number of hydrogen-bond acceptors (Lipinski definition) is 6. The summed E-state index contributed by atoms with van der Waals surface area (Å²) >= 11 is 0. The summed E-state index contributed by atoms with van der Waals surface area (Å²) in [6.07, 6.45) is -0.939. The number of carbonyl (C=O) groups is 3. The monoisotopic (exact) mass is 415 g/mol. The molecule has 2 aromatic rings. The number of amides is 2. The Balaban J connectivity index is 1.47. The number of halogens is 2. The summed E-state index contributed by atoms with van der Waals surface area (Å²) in [4.78, 5) is 38.3. The van der Waals surface area contributed by atoms with Gasteiger partial charge in [-0.3, -0.25) is 9.59 Å². The third kappa shape index (κ3) is 3.55. The smallest absolute Gasteiger partial charge is 0.418 e. The lowest BCUT2D eigenvalue weighted by Gasteiger charge is -2.33. The lowest BCUT2D eigenvalue weighted by atomic mass is 9.82. The molecular formula is C21H19F2N3O4. The van der Waals surface area contributed by atoms with E-state index in [4.69, 9.17) is 4.74 Å². The van der Waals surface area contributed by atoms with Crippen molar-refractivity contribution >= 4 is 17.8 Å². The number of nitrogens with zero attached hydrogens (tertiary/aromatic N) is 3. The molecule has 1 aliphatic carbocycles. The second-order valence-electron chi connectivity index (χ2n) is 7.67. The van der Waals surface area contributed by atoms with E-state index in [1.54, 1.807) is 30.5 Å². The molecule has 2 fully saturated rings. The molecule has 0 N–H and O–H groups in total. The van der Waals surface area contributed by atoms with Crippen molar-refractivity contribution in [1.29, 1.82) is 0 Å². The molecule has 9 heteroatoms. The fourth-order valence-corrected chi connectivity index (χ4v) is 3.79. The summed E-state index contributed by atoms with van der Waals surface area (Å²) in [7, 11) is 0. The number of hydrogen-bond donors (Lipinski definition) is 0. The predicted octanol–water partition coefficient (Wildman–Crippen LogP) is 3.56. The molecule has 1 spiro atoms. The first-order chi connectivity index (χ1) is 14.2. The van der Waals surface area contributed by atoms with Crippen molar-refractivity contribution in [1.82, 2.24) is 15.1 Å². The Kier molecular flexibility index (Phi) is 4.83. The molecule has 1 saturated carbocycles. The minimum absolute atomic E-state index is 0.249. The molecule has 0 bridgehead atoms.